The van der Waals surface area contributed by atoms with E-state index < -0.39 is 16.1 Å². The minimum atomic E-state index is -3.87. The largest absolute Gasteiger partial charge is 0.352 e. The maximum Gasteiger partial charge on any atom is 0.248 e. The molecule has 3 rings (SSSR count). The fourth-order valence-electron chi connectivity index (χ4n) is 2.76. The van der Waals surface area contributed by atoms with E-state index in [-0.39, 0.29) is 28.3 Å². The molecule has 140 valence electrons. The number of amides is 1. The number of aromatic amines is 1. The average molecular weight is 377 g/mol. The van der Waals surface area contributed by atoms with Gasteiger partial charge in [0.05, 0.1) is 4.90 Å². The second kappa shape index (κ2) is 7.20. The highest BCUT2D eigenvalue weighted by atomic mass is 32.2. The summed E-state index contributed by atoms with van der Waals surface area (Å²) in [6.45, 7) is 3.89. The van der Waals surface area contributed by atoms with Crippen LogP contribution in [0.2, 0.25) is 0 Å². The summed E-state index contributed by atoms with van der Waals surface area (Å²) in [5.74, 6) is -0.121. The fourth-order valence-corrected chi connectivity index (χ4v) is 4.01. The van der Waals surface area contributed by atoms with E-state index in [9.17, 15) is 18.0 Å². The normalized spacial score (nSPS) is 16.0. The molecular weight excluding hydrogens is 354 g/mol. The van der Waals surface area contributed by atoms with E-state index in [0.717, 1.165) is 12.8 Å². The van der Waals surface area contributed by atoms with Crippen LogP contribution < -0.4 is 15.6 Å². The van der Waals surface area contributed by atoms with Gasteiger partial charge in [-0.15, -0.1) is 0 Å². The molecule has 1 amide bonds. The molecule has 1 aromatic carbocycles. The van der Waals surface area contributed by atoms with E-state index in [1.54, 1.807) is 12.1 Å². The molecule has 1 aliphatic rings. The van der Waals surface area contributed by atoms with Crippen LogP contribution in [0.1, 0.15) is 33.1 Å². The van der Waals surface area contributed by atoms with Gasteiger partial charge >= 0.3 is 0 Å². The van der Waals surface area contributed by atoms with Crippen molar-refractivity contribution in [2.24, 2.45) is 5.92 Å². The molecule has 1 atom stereocenters. The van der Waals surface area contributed by atoms with Gasteiger partial charge in [-0.1, -0.05) is 13.8 Å². The molecule has 7 nitrogen and oxygen atoms in total. The third-order valence-corrected chi connectivity index (χ3v) is 5.72. The SMILES string of the molecule is CC(C)CC(NS(=O)(=O)c1ccc2[nH]c(=O)ccc2c1)C(=O)NC1CC1. The number of carbonyl (C=O) groups excluding carboxylic acids is 1. The summed E-state index contributed by atoms with van der Waals surface area (Å²) < 4.78 is 28.1. The van der Waals surface area contributed by atoms with E-state index in [0.29, 0.717) is 17.3 Å². The number of pyridine rings is 1. The molecule has 0 bridgehead atoms. The second-order valence-corrected chi connectivity index (χ2v) is 8.87. The molecule has 0 saturated heterocycles. The van der Waals surface area contributed by atoms with E-state index in [1.165, 1.54) is 18.2 Å². The molecule has 1 aliphatic carbocycles. The second-order valence-electron chi connectivity index (χ2n) is 7.16. The van der Waals surface area contributed by atoms with Crippen LogP contribution in [-0.2, 0) is 14.8 Å². The average Bonchev–Trinajstić information content (AvgIpc) is 3.37. The summed E-state index contributed by atoms with van der Waals surface area (Å²) >= 11 is 0. The number of nitrogens with one attached hydrogen (secondary N) is 3. The lowest BCUT2D eigenvalue weighted by Gasteiger charge is -2.20. The molecule has 1 fully saturated rings. The van der Waals surface area contributed by atoms with Crippen molar-refractivity contribution in [3.8, 4) is 0 Å². The fraction of sp³-hybridized carbons (Fsp3) is 0.444. The van der Waals surface area contributed by atoms with Gasteiger partial charge in [-0.25, -0.2) is 8.42 Å². The highest BCUT2D eigenvalue weighted by molar-refractivity contribution is 7.89. The standard InChI is InChI=1S/C18H23N3O4S/c1-11(2)9-16(18(23)19-13-4-5-13)21-26(24,25)14-6-7-15-12(10-14)3-8-17(22)20-15/h3,6-8,10-11,13,16,21H,4-5,9H2,1-2H3,(H,19,23)(H,20,22). The van der Waals surface area contributed by atoms with Crippen molar-refractivity contribution in [2.75, 3.05) is 0 Å². The zero-order valence-electron chi connectivity index (χ0n) is 14.8. The monoisotopic (exact) mass is 377 g/mol. The maximum absolute atomic E-state index is 12.8. The minimum absolute atomic E-state index is 0.0602. The molecule has 2 aromatic rings. The summed E-state index contributed by atoms with van der Waals surface area (Å²) in [5, 5.41) is 3.47. The zero-order chi connectivity index (χ0) is 18.9. The number of rotatable bonds is 7. The van der Waals surface area contributed by atoms with Crippen molar-refractivity contribution in [2.45, 2.75) is 50.1 Å². The Kier molecular flexibility index (Phi) is 5.15. The Hall–Kier alpha value is -2.19. The Morgan fingerprint density at radius 2 is 1.96 bits per heavy atom. The first-order chi connectivity index (χ1) is 12.2. The van der Waals surface area contributed by atoms with Gasteiger partial charge in [0.1, 0.15) is 6.04 Å². The molecular formula is C18H23N3O4S. The lowest BCUT2D eigenvalue weighted by Crippen LogP contribution is -2.47. The molecule has 1 unspecified atom stereocenters. The Labute approximate surface area is 152 Å². The molecule has 0 radical (unpaired) electrons. The number of aromatic nitrogens is 1. The van der Waals surface area contributed by atoms with Gasteiger partial charge in [0.2, 0.25) is 21.5 Å². The van der Waals surface area contributed by atoms with E-state index in [4.69, 9.17) is 0 Å². The van der Waals surface area contributed by atoms with Crippen LogP contribution in [0.4, 0.5) is 0 Å². The summed E-state index contributed by atoms with van der Waals surface area (Å²) in [4.78, 5) is 26.5. The number of sulfonamides is 1. The maximum atomic E-state index is 12.8. The number of hydrogen-bond acceptors (Lipinski definition) is 4. The van der Waals surface area contributed by atoms with Crippen molar-refractivity contribution in [1.82, 2.24) is 15.0 Å². The number of carbonyl (C=O) groups is 1. The minimum Gasteiger partial charge on any atom is -0.352 e. The molecule has 1 heterocycles. The van der Waals surface area contributed by atoms with Gasteiger partial charge in [-0.05, 0) is 54.8 Å². The van der Waals surface area contributed by atoms with Gasteiger partial charge in [-0.2, -0.15) is 4.72 Å². The van der Waals surface area contributed by atoms with Crippen LogP contribution in [0.3, 0.4) is 0 Å². The van der Waals surface area contributed by atoms with Crippen molar-refractivity contribution < 1.29 is 13.2 Å². The highest BCUT2D eigenvalue weighted by Crippen LogP contribution is 2.21. The molecule has 0 aliphatic heterocycles. The predicted molar refractivity (Wildman–Crippen MR) is 99.3 cm³/mol. The van der Waals surface area contributed by atoms with Crippen molar-refractivity contribution in [3.05, 3.63) is 40.7 Å². The van der Waals surface area contributed by atoms with Crippen LogP contribution in [0.25, 0.3) is 10.9 Å². The zero-order valence-corrected chi connectivity index (χ0v) is 15.6. The third kappa shape index (κ3) is 4.50. The van der Waals surface area contributed by atoms with Gasteiger partial charge in [0.15, 0.2) is 0 Å². The predicted octanol–water partition coefficient (Wildman–Crippen LogP) is 1.50. The van der Waals surface area contributed by atoms with Gasteiger partial charge in [0, 0.05) is 17.6 Å². The van der Waals surface area contributed by atoms with Crippen LogP contribution in [0.5, 0.6) is 0 Å². The van der Waals surface area contributed by atoms with E-state index in [1.807, 2.05) is 13.8 Å². The Balaban J connectivity index is 1.85. The Bertz CT molecular complexity index is 977. The van der Waals surface area contributed by atoms with Crippen molar-refractivity contribution in [3.63, 3.8) is 0 Å². The van der Waals surface area contributed by atoms with Crippen LogP contribution in [-0.4, -0.2) is 31.4 Å². The van der Waals surface area contributed by atoms with Crippen LogP contribution in [0.15, 0.2) is 40.0 Å². The van der Waals surface area contributed by atoms with Crippen LogP contribution in [0, 0.1) is 5.92 Å². The lowest BCUT2D eigenvalue weighted by molar-refractivity contribution is -0.123. The summed E-state index contributed by atoms with van der Waals surface area (Å²) in [5.41, 5.74) is 0.307. The summed E-state index contributed by atoms with van der Waals surface area (Å²) in [6, 6.07) is 6.72. The number of H-pyrrole nitrogens is 1. The molecule has 26 heavy (non-hydrogen) atoms. The number of benzene rings is 1. The van der Waals surface area contributed by atoms with Gasteiger partial charge in [-0.3, -0.25) is 9.59 Å². The Morgan fingerprint density at radius 1 is 1.23 bits per heavy atom. The molecule has 3 N–H and O–H groups in total. The molecule has 1 aromatic heterocycles. The van der Waals surface area contributed by atoms with E-state index >= 15 is 0 Å². The van der Waals surface area contributed by atoms with Gasteiger partial charge < -0.3 is 10.3 Å². The van der Waals surface area contributed by atoms with Crippen molar-refractivity contribution in [1.29, 1.82) is 0 Å². The van der Waals surface area contributed by atoms with E-state index in [2.05, 4.69) is 15.0 Å². The third-order valence-electron chi connectivity index (χ3n) is 4.25. The first-order valence-electron chi connectivity index (χ1n) is 8.70. The topological polar surface area (TPSA) is 108 Å². The smallest absolute Gasteiger partial charge is 0.248 e. The summed E-state index contributed by atoms with van der Waals surface area (Å²) in [6.07, 6.45) is 2.30. The van der Waals surface area contributed by atoms with Gasteiger partial charge in [0.25, 0.3) is 0 Å². The Morgan fingerprint density at radius 3 is 2.62 bits per heavy atom. The number of hydrogen-bond donors (Lipinski definition) is 3. The van der Waals surface area contributed by atoms with Crippen LogP contribution >= 0.6 is 0 Å². The lowest BCUT2D eigenvalue weighted by atomic mass is 10.0. The quantitative estimate of drug-likeness (QED) is 0.679. The van der Waals surface area contributed by atoms with Crippen molar-refractivity contribution >= 4 is 26.8 Å². The first kappa shape index (κ1) is 18.6. The molecule has 1 saturated carbocycles. The summed E-state index contributed by atoms with van der Waals surface area (Å²) in [7, 11) is -3.87. The molecule has 0 spiro atoms. The molecule has 8 heteroatoms. The highest BCUT2D eigenvalue weighted by Gasteiger charge is 2.31. The first-order valence-corrected chi connectivity index (χ1v) is 10.2. The number of fused-ring (bicyclic) bond motifs is 1.